The second-order valence-corrected chi connectivity index (χ2v) is 7.60. The summed E-state index contributed by atoms with van der Waals surface area (Å²) in [5, 5.41) is 0. The molecule has 1 saturated heterocycles. The van der Waals surface area contributed by atoms with Crippen molar-refractivity contribution in [2.24, 2.45) is 5.73 Å². The van der Waals surface area contributed by atoms with Gasteiger partial charge in [-0.25, -0.2) is 4.39 Å². The highest BCUT2D eigenvalue weighted by molar-refractivity contribution is 6.62. The molecule has 1 aliphatic rings. The van der Waals surface area contributed by atoms with Crippen molar-refractivity contribution in [1.82, 2.24) is 0 Å². The predicted molar refractivity (Wildman–Crippen MR) is 101 cm³/mol. The van der Waals surface area contributed by atoms with Crippen molar-refractivity contribution >= 4 is 18.5 Å². The van der Waals surface area contributed by atoms with Crippen LogP contribution in [-0.4, -0.2) is 24.2 Å². The van der Waals surface area contributed by atoms with Gasteiger partial charge in [0.25, 0.3) is 5.91 Å². The Morgan fingerprint density at radius 1 is 1.11 bits per heavy atom. The molecule has 1 heterocycles. The first-order valence-electron chi connectivity index (χ1n) is 8.76. The Morgan fingerprint density at radius 3 is 2.37 bits per heavy atom. The Bertz CT molecular complexity index is 853. The average molecular weight is 371 g/mol. The zero-order chi connectivity index (χ0) is 19.8. The van der Waals surface area contributed by atoms with Gasteiger partial charge in [-0.05, 0) is 50.9 Å². The number of hydrogen-bond acceptors (Lipinski definition) is 4. The molecule has 0 bridgehead atoms. The van der Waals surface area contributed by atoms with Crippen molar-refractivity contribution in [3.8, 4) is 5.75 Å². The molecule has 0 aromatic heterocycles. The molecule has 2 aromatic carbocycles. The molecular formula is C20H23BFNO4. The summed E-state index contributed by atoms with van der Waals surface area (Å²) in [6, 6.07) is 11.7. The van der Waals surface area contributed by atoms with Crippen molar-refractivity contribution in [3.05, 3.63) is 59.4 Å². The van der Waals surface area contributed by atoms with Crippen LogP contribution in [0.1, 0.15) is 43.6 Å². The molecule has 3 rings (SSSR count). The first-order valence-corrected chi connectivity index (χ1v) is 8.76. The molecule has 142 valence electrons. The first kappa shape index (κ1) is 19.4. The largest absolute Gasteiger partial charge is 0.494 e. The van der Waals surface area contributed by atoms with Crippen LogP contribution >= 0.6 is 0 Å². The summed E-state index contributed by atoms with van der Waals surface area (Å²) in [6.45, 7) is 8.13. The highest BCUT2D eigenvalue weighted by Crippen LogP contribution is 2.36. The molecule has 0 saturated carbocycles. The maximum Gasteiger partial charge on any atom is 0.494 e. The van der Waals surface area contributed by atoms with Gasteiger partial charge in [0.15, 0.2) is 0 Å². The highest BCUT2D eigenvalue weighted by Gasteiger charge is 2.51. The number of carbonyl (C=O) groups excluding carboxylic acids is 1. The van der Waals surface area contributed by atoms with Gasteiger partial charge in [-0.3, -0.25) is 4.79 Å². The van der Waals surface area contributed by atoms with Crippen molar-refractivity contribution in [1.29, 1.82) is 0 Å². The number of carbonyl (C=O) groups is 1. The molecule has 27 heavy (non-hydrogen) atoms. The van der Waals surface area contributed by atoms with E-state index in [2.05, 4.69) is 0 Å². The smallest absolute Gasteiger partial charge is 0.488 e. The van der Waals surface area contributed by atoms with Crippen LogP contribution in [0.3, 0.4) is 0 Å². The molecule has 0 spiro atoms. The van der Waals surface area contributed by atoms with Crippen LogP contribution in [0.15, 0.2) is 42.5 Å². The molecule has 1 amide bonds. The minimum atomic E-state index is -0.867. The molecule has 0 atom stereocenters. The van der Waals surface area contributed by atoms with E-state index in [9.17, 15) is 9.18 Å². The fraction of sp³-hybridized carbons (Fsp3) is 0.350. The minimum absolute atomic E-state index is 0.114. The van der Waals surface area contributed by atoms with Gasteiger partial charge in [-0.15, -0.1) is 0 Å². The first-order chi connectivity index (χ1) is 12.6. The van der Waals surface area contributed by atoms with Gasteiger partial charge in [0.1, 0.15) is 23.7 Å². The van der Waals surface area contributed by atoms with Crippen molar-refractivity contribution < 1.29 is 23.2 Å². The third kappa shape index (κ3) is 3.84. The predicted octanol–water partition coefficient (Wildman–Crippen LogP) is 2.80. The lowest BCUT2D eigenvalue weighted by Gasteiger charge is -2.32. The fourth-order valence-corrected chi connectivity index (χ4v) is 2.83. The van der Waals surface area contributed by atoms with Crippen LogP contribution in [0.4, 0.5) is 4.39 Å². The number of amides is 1. The number of primary amides is 1. The van der Waals surface area contributed by atoms with E-state index in [1.807, 2.05) is 52.0 Å². The van der Waals surface area contributed by atoms with Crippen LogP contribution in [0.5, 0.6) is 5.75 Å². The maximum absolute atomic E-state index is 13.8. The van der Waals surface area contributed by atoms with Crippen LogP contribution in [0.25, 0.3) is 0 Å². The lowest BCUT2D eigenvalue weighted by atomic mass is 9.78. The van der Waals surface area contributed by atoms with Gasteiger partial charge in [0, 0.05) is 0 Å². The van der Waals surface area contributed by atoms with Crippen LogP contribution in [-0.2, 0) is 15.9 Å². The van der Waals surface area contributed by atoms with Gasteiger partial charge in [-0.2, -0.15) is 0 Å². The molecule has 5 nitrogen and oxygen atoms in total. The Balaban J connectivity index is 1.77. The summed E-state index contributed by atoms with van der Waals surface area (Å²) < 4.78 is 31.6. The van der Waals surface area contributed by atoms with Gasteiger partial charge < -0.3 is 19.8 Å². The highest BCUT2D eigenvalue weighted by atomic mass is 19.1. The number of benzene rings is 2. The zero-order valence-electron chi connectivity index (χ0n) is 15.9. The SMILES string of the molecule is CC1(C)OB(c2cccc(COc3cccc(F)c3C(N)=O)c2)OC1(C)C. The van der Waals surface area contributed by atoms with Crippen molar-refractivity contribution in [2.75, 3.05) is 0 Å². The second-order valence-electron chi connectivity index (χ2n) is 7.60. The van der Waals surface area contributed by atoms with E-state index in [0.717, 1.165) is 11.0 Å². The maximum atomic E-state index is 13.8. The summed E-state index contributed by atoms with van der Waals surface area (Å²) in [7, 11) is -0.481. The van der Waals surface area contributed by atoms with Gasteiger partial charge in [0.05, 0.1) is 11.2 Å². The summed E-state index contributed by atoms with van der Waals surface area (Å²) in [5.74, 6) is -1.46. The Morgan fingerprint density at radius 2 is 1.74 bits per heavy atom. The monoisotopic (exact) mass is 371 g/mol. The van der Waals surface area contributed by atoms with E-state index in [4.69, 9.17) is 19.8 Å². The molecule has 1 aliphatic heterocycles. The zero-order valence-corrected chi connectivity index (χ0v) is 15.9. The topological polar surface area (TPSA) is 70.8 Å². The molecule has 0 unspecified atom stereocenters. The average Bonchev–Trinajstić information content (AvgIpc) is 2.81. The Labute approximate surface area is 158 Å². The third-order valence-electron chi connectivity index (χ3n) is 5.09. The van der Waals surface area contributed by atoms with E-state index in [1.165, 1.54) is 18.2 Å². The molecule has 2 aromatic rings. The van der Waals surface area contributed by atoms with Gasteiger partial charge >= 0.3 is 7.12 Å². The lowest BCUT2D eigenvalue weighted by molar-refractivity contribution is 0.00578. The molecule has 0 aliphatic carbocycles. The second kappa shape index (κ2) is 6.98. The van der Waals surface area contributed by atoms with Crippen LogP contribution in [0.2, 0.25) is 0 Å². The van der Waals surface area contributed by atoms with E-state index in [0.29, 0.717) is 0 Å². The summed E-state index contributed by atoms with van der Waals surface area (Å²) in [4.78, 5) is 11.5. The quantitative estimate of drug-likeness (QED) is 0.821. The van der Waals surface area contributed by atoms with Crippen LogP contribution < -0.4 is 15.9 Å². The standard InChI is InChI=1S/C20H23BFNO4/c1-19(2)20(3,4)27-21(26-19)14-8-5-7-13(11-14)12-25-16-10-6-9-15(22)17(16)18(23)24/h5-11H,12H2,1-4H3,(H2,23,24). The van der Waals surface area contributed by atoms with E-state index in [-0.39, 0.29) is 17.9 Å². The number of rotatable bonds is 5. The summed E-state index contributed by atoms with van der Waals surface area (Å²) >= 11 is 0. The molecule has 7 heteroatoms. The number of ether oxygens (including phenoxy) is 1. The molecule has 2 N–H and O–H groups in total. The van der Waals surface area contributed by atoms with E-state index in [1.54, 1.807) is 0 Å². The van der Waals surface area contributed by atoms with E-state index >= 15 is 0 Å². The third-order valence-corrected chi connectivity index (χ3v) is 5.09. The molecular weight excluding hydrogens is 348 g/mol. The number of nitrogens with two attached hydrogens (primary N) is 1. The number of hydrogen-bond donors (Lipinski definition) is 1. The van der Waals surface area contributed by atoms with Gasteiger partial charge in [0.2, 0.25) is 0 Å². The lowest BCUT2D eigenvalue weighted by Crippen LogP contribution is -2.41. The normalized spacial score (nSPS) is 17.7. The molecule has 0 radical (unpaired) electrons. The van der Waals surface area contributed by atoms with E-state index < -0.39 is 30.0 Å². The van der Waals surface area contributed by atoms with Gasteiger partial charge in [-0.1, -0.05) is 30.3 Å². The fourth-order valence-electron chi connectivity index (χ4n) is 2.83. The Hall–Kier alpha value is -2.38. The van der Waals surface area contributed by atoms with Crippen molar-refractivity contribution in [3.63, 3.8) is 0 Å². The molecule has 1 fully saturated rings. The minimum Gasteiger partial charge on any atom is -0.488 e. The summed E-state index contributed by atoms with van der Waals surface area (Å²) in [5.41, 5.74) is 5.84. The Kier molecular flexibility index (Phi) is 5.01. The van der Waals surface area contributed by atoms with Crippen molar-refractivity contribution in [2.45, 2.75) is 45.5 Å². The summed E-state index contributed by atoms with van der Waals surface area (Å²) in [6.07, 6.45) is 0. The number of halogens is 1. The van der Waals surface area contributed by atoms with Crippen LogP contribution in [0, 0.1) is 5.82 Å².